The van der Waals surface area contributed by atoms with Crippen molar-refractivity contribution < 1.29 is 19.1 Å². The summed E-state index contributed by atoms with van der Waals surface area (Å²) in [4.78, 5) is 42.6. The Balaban J connectivity index is 1.40. The number of aromatic nitrogens is 2. The summed E-state index contributed by atoms with van der Waals surface area (Å²) in [6.45, 7) is 1.74. The fourth-order valence-corrected chi connectivity index (χ4v) is 3.20. The van der Waals surface area contributed by atoms with Crippen LogP contribution in [-0.2, 0) is 20.9 Å². The van der Waals surface area contributed by atoms with Crippen molar-refractivity contribution in [2.75, 3.05) is 11.4 Å². The number of hydrogen-bond acceptors (Lipinski definition) is 6. The van der Waals surface area contributed by atoms with E-state index in [1.54, 1.807) is 49.5 Å². The van der Waals surface area contributed by atoms with Crippen LogP contribution in [0.25, 0.3) is 5.65 Å². The number of anilines is 1. The van der Waals surface area contributed by atoms with Crippen molar-refractivity contribution in [3.63, 3.8) is 0 Å². The van der Waals surface area contributed by atoms with Gasteiger partial charge < -0.3 is 14.4 Å². The molecule has 8 heteroatoms. The van der Waals surface area contributed by atoms with E-state index < -0.39 is 12.1 Å². The molecular formula is C21H19N3O5. The third-order valence-corrected chi connectivity index (χ3v) is 4.62. The van der Waals surface area contributed by atoms with Crippen LogP contribution in [0.2, 0.25) is 0 Å². The molecule has 0 radical (unpaired) electrons. The minimum absolute atomic E-state index is 0.0133. The van der Waals surface area contributed by atoms with Gasteiger partial charge in [-0.25, -0.2) is 4.98 Å². The van der Waals surface area contributed by atoms with Crippen molar-refractivity contribution in [3.8, 4) is 5.75 Å². The monoisotopic (exact) mass is 393 g/mol. The highest BCUT2D eigenvalue weighted by Gasteiger charge is 2.31. The lowest BCUT2D eigenvalue weighted by atomic mass is 10.2. The second-order valence-corrected chi connectivity index (χ2v) is 6.64. The summed E-state index contributed by atoms with van der Waals surface area (Å²) in [5, 5.41) is 0. The highest BCUT2D eigenvalue weighted by atomic mass is 16.5. The van der Waals surface area contributed by atoms with E-state index in [-0.39, 0.29) is 31.0 Å². The maximum Gasteiger partial charge on any atom is 0.307 e. The van der Waals surface area contributed by atoms with E-state index in [0.717, 1.165) is 0 Å². The molecule has 1 unspecified atom stereocenters. The molecule has 3 aromatic rings. The zero-order chi connectivity index (χ0) is 20.4. The van der Waals surface area contributed by atoms with E-state index >= 15 is 0 Å². The van der Waals surface area contributed by atoms with Crippen molar-refractivity contribution in [2.45, 2.75) is 26.1 Å². The highest BCUT2D eigenvalue weighted by Crippen LogP contribution is 2.33. The Kier molecular flexibility index (Phi) is 4.99. The zero-order valence-electron chi connectivity index (χ0n) is 15.8. The molecule has 0 spiro atoms. The topological polar surface area (TPSA) is 90.2 Å². The van der Waals surface area contributed by atoms with Crippen LogP contribution in [-0.4, -0.2) is 33.9 Å². The van der Waals surface area contributed by atoms with Crippen LogP contribution >= 0.6 is 0 Å². The summed E-state index contributed by atoms with van der Waals surface area (Å²) in [5.41, 5.74) is 1.24. The summed E-state index contributed by atoms with van der Waals surface area (Å²) in [7, 11) is 0. The van der Waals surface area contributed by atoms with Crippen LogP contribution in [0.4, 0.5) is 5.69 Å². The van der Waals surface area contributed by atoms with Crippen molar-refractivity contribution in [1.29, 1.82) is 0 Å². The molecule has 0 saturated heterocycles. The van der Waals surface area contributed by atoms with Crippen LogP contribution in [0.15, 0.2) is 59.5 Å². The second-order valence-electron chi connectivity index (χ2n) is 6.64. The number of esters is 1. The van der Waals surface area contributed by atoms with Gasteiger partial charge in [-0.2, -0.15) is 0 Å². The van der Waals surface area contributed by atoms with Gasteiger partial charge in [-0.15, -0.1) is 0 Å². The number of fused-ring (bicyclic) bond motifs is 2. The molecule has 0 saturated carbocycles. The molecule has 3 heterocycles. The molecule has 1 aliphatic rings. The number of nitrogens with zero attached hydrogens (tertiary/aromatic N) is 3. The molecule has 2 aromatic heterocycles. The largest absolute Gasteiger partial charge is 0.479 e. The van der Waals surface area contributed by atoms with E-state index in [1.165, 1.54) is 15.4 Å². The minimum Gasteiger partial charge on any atom is -0.479 e. The van der Waals surface area contributed by atoms with E-state index in [1.807, 2.05) is 6.07 Å². The molecule has 0 aliphatic carbocycles. The van der Waals surface area contributed by atoms with Crippen molar-refractivity contribution in [1.82, 2.24) is 9.38 Å². The molecule has 1 aromatic carbocycles. The first-order valence-electron chi connectivity index (χ1n) is 9.23. The summed E-state index contributed by atoms with van der Waals surface area (Å²) >= 11 is 0. The third kappa shape index (κ3) is 3.82. The van der Waals surface area contributed by atoms with Gasteiger partial charge in [-0.3, -0.25) is 18.8 Å². The molecule has 1 aliphatic heterocycles. The maximum atomic E-state index is 12.4. The van der Waals surface area contributed by atoms with Crippen molar-refractivity contribution in [2.24, 2.45) is 0 Å². The summed E-state index contributed by atoms with van der Waals surface area (Å²) in [6, 6.07) is 13.7. The lowest BCUT2D eigenvalue weighted by Gasteiger charge is -2.32. The Bertz CT molecular complexity index is 1140. The number of amides is 1. The zero-order valence-corrected chi connectivity index (χ0v) is 15.8. The molecule has 0 N–H and O–H groups in total. The maximum absolute atomic E-state index is 12.4. The van der Waals surface area contributed by atoms with Crippen LogP contribution in [0.1, 0.15) is 19.0 Å². The number of ether oxygens (including phenoxy) is 2. The number of carbonyl (C=O) groups excluding carboxylic acids is 2. The van der Waals surface area contributed by atoms with Crippen LogP contribution < -0.4 is 15.2 Å². The number of pyridine rings is 1. The molecule has 1 atom stereocenters. The molecule has 0 fully saturated rings. The highest BCUT2D eigenvalue weighted by molar-refractivity contribution is 6.00. The van der Waals surface area contributed by atoms with Crippen molar-refractivity contribution >= 4 is 23.2 Å². The number of para-hydroxylation sites is 2. The molecule has 1 amide bonds. The predicted octanol–water partition coefficient (Wildman–Crippen LogP) is 1.94. The van der Waals surface area contributed by atoms with Gasteiger partial charge >= 0.3 is 5.97 Å². The van der Waals surface area contributed by atoms with Gasteiger partial charge in [0.05, 0.1) is 17.8 Å². The van der Waals surface area contributed by atoms with Crippen LogP contribution in [0.5, 0.6) is 5.75 Å². The van der Waals surface area contributed by atoms with Gasteiger partial charge in [0.15, 0.2) is 6.10 Å². The van der Waals surface area contributed by atoms with Gasteiger partial charge in [-0.05, 0) is 31.2 Å². The van der Waals surface area contributed by atoms with Gasteiger partial charge in [0.2, 0.25) is 0 Å². The number of hydrogen-bond donors (Lipinski definition) is 0. The average molecular weight is 393 g/mol. The van der Waals surface area contributed by atoms with Crippen LogP contribution in [0, 0.1) is 0 Å². The van der Waals surface area contributed by atoms with Gasteiger partial charge in [0, 0.05) is 18.8 Å². The van der Waals surface area contributed by atoms with E-state index in [2.05, 4.69) is 4.98 Å². The third-order valence-electron chi connectivity index (χ3n) is 4.62. The van der Waals surface area contributed by atoms with Gasteiger partial charge in [0.1, 0.15) is 18.0 Å². The fraction of sp³-hybridized carbons (Fsp3) is 0.238. The molecule has 4 rings (SSSR count). The molecular weight excluding hydrogens is 374 g/mol. The van der Waals surface area contributed by atoms with Gasteiger partial charge in [0.25, 0.3) is 11.5 Å². The first-order chi connectivity index (χ1) is 14.0. The lowest BCUT2D eigenvalue weighted by Crippen LogP contribution is -2.45. The molecule has 0 bridgehead atoms. The standard InChI is InChI=1S/C21H19N3O5/c1-14-21(27)23(16-6-2-3-7-17(16)29-14)11-9-20(26)28-13-15-12-19(25)24-10-5-4-8-18(24)22-15/h2-8,10,12,14H,9,11,13H2,1H3. The van der Waals surface area contributed by atoms with Crippen molar-refractivity contribution in [3.05, 3.63) is 70.8 Å². The predicted molar refractivity (Wildman–Crippen MR) is 105 cm³/mol. The summed E-state index contributed by atoms with van der Waals surface area (Å²) < 4.78 is 12.3. The average Bonchev–Trinajstić information content (AvgIpc) is 2.72. The number of benzene rings is 1. The Hall–Kier alpha value is -3.68. The Morgan fingerprint density at radius 1 is 1.17 bits per heavy atom. The normalized spacial score (nSPS) is 15.7. The quantitative estimate of drug-likeness (QED) is 0.616. The molecule has 8 nitrogen and oxygen atoms in total. The lowest BCUT2D eigenvalue weighted by molar-refractivity contribution is -0.144. The number of rotatable bonds is 5. The van der Waals surface area contributed by atoms with Gasteiger partial charge in [-0.1, -0.05) is 18.2 Å². The Morgan fingerprint density at radius 3 is 2.83 bits per heavy atom. The van der Waals surface area contributed by atoms with Crippen LogP contribution in [0.3, 0.4) is 0 Å². The van der Waals surface area contributed by atoms with E-state index in [9.17, 15) is 14.4 Å². The van der Waals surface area contributed by atoms with E-state index in [0.29, 0.717) is 22.8 Å². The molecule has 29 heavy (non-hydrogen) atoms. The SMILES string of the molecule is CC1Oc2ccccc2N(CCC(=O)OCc2cc(=O)n3ccccc3n2)C1=O. The minimum atomic E-state index is -0.615. The molecule has 148 valence electrons. The number of carbonyl (C=O) groups is 2. The first-order valence-corrected chi connectivity index (χ1v) is 9.23. The Labute approximate surface area is 166 Å². The first kappa shape index (κ1) is 18.7. The second kappa shape index (κ2) is 7.75. The summed E-state index contributed by atoms with van der Waals surface area (Å²) in [5.74, 6) is -0.0842. The fourth-order valence-electron chi connectivity index (χ4n) is 3.20. The smallest absolute Gasteiger partial charge is 0.307 e. The Morgan fingerprint density at radius 2 is 1.97 bits per heavy atom. The summed E-state index contributed by atoms with van der Waals surface area (Å²) in [6.07, 6.45) is 1.02. The van der Waals surface area contributed by atoms with E-state index in [4.69, 9.17) is 9.47 Å².